The van der Waals surface area contributed by atoms with Crippen molar-refractivity contribution in [1.82, 2.24) is 4.98 Å². The third-order valence-corrected chi connectivity index (χ3v) is 11.7. The van der Waals surface area contributed by atoms with Gasteiger partial charge in [0.05, 0.1) is 0 Å². The van der Waals surface area contributed by atoms with Gasteiger partial charge in [0.25, 0.3) is 0 Å². The molecule has 0 N–H and O–H groups in total. The Morgan fingerprint density at radius 3 is 1.70 bits per heavy atom. The lowest BCUT2D eigenvalue weighted by Crippen LogP contribution is -1.97. The van der Waals surface area contributed by atoms with Crippen molar-refractivity contribution in [3.8, 4) is 33.4 Å². The molecule has 3 nitrogen and oxygen atoms in total. The van der Waals surface area contributed by atoms with Crippen molar-refractivity contribution in [2.24, 2.45) is 0 Å². The molecule has 11 aromatic rings. The van der Waals surface area contributed by atoms with Gasteiger partial charge in [-0.25, -0.2) is 0 Å². The van der Waals surface area contributed by atoms with E-state index in [4.69, 9.17) is 8.83 Å². The monoisotopic (exact) mass is 695 g/mol. The Morgan fingerprint density at radius 1 is 0.426 bits per heavy atom. The van der Waals surface area contributed by atoms with Crippen LogP contribution in [0.5, 0.6) is 0 Å². The summed E-state index contributed by atoms with van der Waals surface area (Å²) in [6.45, 7) is 2.28. The van der Waals surface area contributed by atoms with E-state index in [-0.39, 0.29) is 0 Å². The van der Waals surface area contributed by atoms with Crippen LogP contribution in [0.4, 0.5) is 0 Å². The maximum absolute atomic E-state index is 6.72. The van der Waals surface area contributed by atoms with Crippen LogP contribution in [-0.4, -0.2) is 4.98 Å². The van der Waals surface area contributed by atoms with E-state index in [0.29, 0.717) is 0 Å². The molecule has 0 saturated carbocycles. The minimum atomic E-state index is 0.910. The first-order valence-corrected chi connectivity index (χ1v) is 19.3. The second-order valence-electron chi connectivity index (χ2n) is 14.7. The van der Waals surface area contributed by atoms with E-state index < -0.39 is 0 Å². The summed E-state index contributed by atoms with van der Waals surface area (Å²) in [4.78, 5) is 4.39. The highest BCUT2D eigenvalue weighted by atomic mass is 16.3. The Hall–Kier alpha value is -6.45. The van der Waals surface area contributed by atoms with E-state index >= 15 is 0 Å². The number of aryl methyl sites for hydroxylation is 1. The van der Waals surface area contributed by atoms with E-state index in [1.165, 1.54) is 73.8 Å². The summed E-state index contributed by atoms with van der Waals surface area (Å²) < 4.78 is 13.3. The maximum Gasteiger partial charge on any atom is 0.143 e. The van der Waals surface area contributed by atoms with Gasteiger partial charge in [0.1, 0.15) is 22.3 Å². The lowest BCUT2D eigenvalue weighted by Gasteiger charge is -2.21. The third-order valence-electron chi connectivity index (χ3n) is 11.7. The van der Waals surface area contributed by atoms with Gasteiger partial charge >= 0.3 is 0 Å². The lowest BCUT2D eigenvalue weighted by molar-refractivity contribution is 0.668. The summed E-state index contributed by atoms with van der Waals surface area (Å²) >= 11 is 0. The summed E-state index contributed by atoms with van der Waals surface area (Å²) in [6, 6.07) is 48.5. The molecule has 0 fully saturated rings. The molecule has 0 radical (unpaired) electrons. The fourth-order valence-electron chi connectivity index (χ4n) is 9.15. The molecule has 3 heteroatoms. The number of hydrogen-bond donors (Lipinski definition) is 0. The van der Waals surface area contributed by atoms with Crippen LogP contribution in [0.25, 0.3) is 110 Å². The number of hydrogen-bond acceptors (Lipinski definition) is 3. The quantitative estimate of drug-likeness (QED) is 0.117. The average Bonchev–Trinajstić information content (AvgIpc) is 3.81. The number of aromatic nitrogens is 1. The lowest BCUT2D eigenvalue weighted by atomic mass is 9.82. The molecule has 0 atom stereocenters. The standard InChI is InChI=1S/C51H37NO2/c1-2-3-4-5-12-32-29-45-44(42-18-11-17-41-36-14-7-9-20-47(36)54-51(41)42)30-43(31-25-27-52-28-26-31)38-24-23-37-34(22-21-33(32)48(37)49(38)45)39-15-10-16-40-35-13-6-8-19-46(35)53-50(39)40/h6-11,13-30H,2-5,12H2,1H3. The summed E-state index contributed by atoms with van der Waals surface area (Å²) in [5.41, 5.74) is 12.0. The van der Waals surface area contributed by atoms with Crippen LogP contribution in [0.3, 0.4) is 0 Å². The van der Waals surface area contributed by atoms with Crippen molar-refractivity contribution >= 4 is 76.2 Å². The first-order chi connectivity index (χ1) is 26.8. The van der Waals surface area contributed by atoms with Crippen LogP contribution in [0.2, 0.25) is 0 Å². The Bertz CT molecular complexity index is 3200. The highest BCUT2D eigenvalue weighted by Gasteiger charge is 2.23. The summed E-state index contributed by atoms with van der Waals surface area (Å²) in [5, 5.41) is 12.3. The molecule has 0 aliphatic heterocycles. The molecule has 0 amide bonds. The van der Waals surface area contributed by atoms with Crippen LogP contribution in [-0.2, 0) is 6.42 Å². The zero-order valence-corrected chi connectivity index (χ0v) is 30.2. The number of fused-ring (bicyclic) bond motifs is 6. The van der Waals surface area contributed by atoms with E-state index in [1.807, 2.05) is 18.5 Å². The van der Waals surface area contributed by atoms with Gasteiger partial charge in [-0.05, 0) is 109 Å². The van der Waals surface area contributed by atoms with Gasteiger partial charge in [-0.1, -0.05) is 123 Å². The summed E-state index contributed by atoms with van der Waals surface area (Å²) in [7, 11) is 0. The molecular formula is C51H37NO2. The molecule has 54 heavy (non-hydrogen) atoms. The minimum Gasteiger partial charge on any atom is -0.455 e. The summed E-state index contributed by atoms with van der Waals surface area (Å²) in [6.07, 6.45) is 9.69. The van der Waals surface area contributed by atoms with Crippen molar-refractivity contribution in [2.45, 2.75) is 39.0 Å². The fraction of sp³-hybridized carbons (Fsp3) is 0.118. The van der Waals surface area contributed by atoms with Crippen LogP contribution in [0.1, 0.15) is 38.2 Å². The number of para-hydroxylation sites is 4. The Kier molecular flexibility index (Phi) is 7.10. The molecule has 3 aromatic heterocycles. The normalized spacial score (nSPS) is 12.2. The van der Waals surface area contributed by atoms with E-state index in [0.717, 1.165) is 73.4 Å². The second-order valence-corrected chi connectivity index (χ2v) is 14.7. The first-order valence-electron chi connectivity index (χ1n) is 19.3. The third kappa shape index (κ3) is 4.64. The Labute approximate surface area is 312 Å². The van der Waals surface area contributed by atoms with Crippen LogP contribution < -0.4 is 0 Å². The Balaban J connectivity index is 1.28. The van der Waals surface area contributed by atoms with Crippen LogP contribution in [0.15, 0.2) is 155 Å². The molecule has 8 aromatic carbocycles. The van der Waals surface area contributed by atoms with Gasteiger partial charge in [-0.2, -0.15) is 0 Å². The molecule has 258 valence electrons. The van der Waals surface area contributed by atoms with Gasteiger partial charge in [0, 0.05) is 45.1 Å². The topological polar surface area (TPSA) is 39.2 Å². The number of benzene rings is 8. The molecule has 0 aliphatic rings. The van der Waals surface area contributed by atoms with Crippen molar-refractivity contribution in [3.05, 3.63) is 151 Å². The molecule has 0 unspecified atom stereocenters. The number of nitrogens with zero attached hydrogens (tertiary/aromatic N) is 1. The first kappa shape index (κ1) is 31.1. The number of pyridine rings is 1. The van der Waals surface area contributed by atoms with Crippen molar-refractivity contribution in [1.29, 1.82) is 0 Å². The predicted molar refractivity (Wildman–Crippen MR) is 227 cm³/mol. The van der Waals surface area contributed by atoms with E-state index in [2.05, 4.69) is 139 Å². The molecular weight excluding hydrogens is 659 g/mol. The van der Waals surface area contributed by atoms with Crippen LogP contribution in [0, 0.1) is 0 Å². The Morgan fingerprint density at radius 2 is 1.02 bits per heavy atom. The second kappa shape index (κ2) is 12.3. The fourth-order valence-corrected chi connectivity index (χ4v) is 9.15. The number of unbranched alkanes of at least 4 members (excludes halogenated alkanes) is 3. The molecule has 0 saturated heterocycles. The smallest absolute Gasteiger partial charge is 0.143 e. The van der Waals surface area contributed by atoms with Crippen molar-refractivity contribution in [3.63, 3.8) is 0 Å². The average molecular weight is 696 g/mol. The largest absolute Gasteiger partial charge is 0.455 e. The zero-order valence-electron chi connectivity index (χ0n) is 30.2. The van der Waals surface area contributed by atoms with Gasteiger partial charge in [0.15, 0.2) is 0 Å². The van der Waals surface area contributed by atoms with Gasteiger partial charge in [0.2, 0.25) is 0 Å². The number of furan rings is 2. The molecule has 0 bridgehead atoms. The highest BCUT2D eigenvalue weighted by molar-refractivity contribution is 6.31. The minimum absolute atomic E-state index is 0.910. The molecule has 0 aliphatic carbocycles. The van der Waals surface area contributed by atoms with Gasteiger partial charge in [-0.15, -0.1) is 0 Å². The van der Waals surface area contributed by atoms with E-state index in [1.54, 1.807) is 0 Å². The number of rotatable bonds is 8. The highest BCUT2D eigenvalue weighted by Crippen LogP contribution is 2.49. The molecule has 11 rings (SSSR count). The molecule has 3 heterocycles. The van der Waals surface area contributed by atoms with E-state index in [9.17, 15) is 0 Å². The van der Waals surface area contributed by atoms with Crippen molar-refractivity contribution in [2.75, 3.05) is 0 Å². The van der Waals surface area contributed by atoms with Crippen LogP contribution >= 0.6 is 0 Å². The van der Waals surface area contributed by atoms with Crippen molar-refractivity contribution < 1.29 is 8.83 Å². The van der Waals surface area contributed by atoms with Gasteiger partial charge < -0.3 is 8.83 Å². The SMILES string of the molecule is CCCCCCc1cc2c(-c3cccc4c3oc3ccccc34)cc(-c3ccncc3)c3ccc4c(-c5cccc6c5oc5ccccc56)ccc1c4c32. The summed E-state index contributed by atoms with van der Waals surface area (Å²) in [5.74, 6) is 0. The maximum atomic E-state index is 6.72. The molecule has 0 spiro atoms. The zero-order chi connectivity index (χ0) is 35.8. The van der Waals surface area contributed by atoms with Gasteiger partial charge in [-0.3, -0.25) is 4.98 Å². The predicted octanol–water partition coefficient (Wildman–Crippen LogP) is 14.9.